The van der Waals surface area contributed by atoms with Gasteiger partial charge in [0.05, 0.1) is 12.8 Å². The molecule has 1 aliphatic heterocycles. The fourth-order valence-corrected chi connectivity index (χ4v) is 2.07. The van der Waals surface area contributed by atoms with E-state index in [4.69, 9.17) is 21.6 Å². The summed E-state index contributed by atoms with van der Waals surface area (Å²) >= 11 is 6.03. The number of nitrogens with one attached hydrogen (secondary N) is 3. The van der Waals surface area contributed by atoms with E-state index in [1.165, 1.54) is 6.20 Å². The van der Waals surface area contributed by atoms with Gasteiger partial charge in [0.1, 0.15) is 23.1 Å². The molecule has 1 atom stereocenters. The molecule has 3 N–H and O–H groups in total. The SMILES string of the molecule is C[C@@H]1CCOc2n[nH]c(Cl)c2Nc2ncc(C#N)c(n2)N1. The quantitative estimate of drug-likeness (QED) is 0.683. The molecule has 0 saturated heterocycles. The first kappa shape index (κ1) is 13.5. The second-order valence-corrected chi connectivity index (χ2v) is 4.97. The van der Waals surface area contributed by atoms with Crippen LogP contribution in [0.3, 0.4) is 0 Å². The van der Waals surface area contributed by atoms with Gasteiger partial charge in [-0.15, -0.1) is 5.10 Å². The lowest BCUT2D eigenvalue weighted by Gasteiger charge is -2.14. The Labute approximate surface area is 125 Å². The third kappa shape index (κ3) is 2.68. The van der Waals surface area contributed by atoms with Crippen molar-refractivity contribution in [1.82, 2.24) is 20.2 Å². The molecule has 108 valence electrons. The number of ether oxygens (including phenoxy) is 1. The normalized spacial score (nSPS) is 17.3. The summed E-state index contributed by atoms with van der Waals surface area (Å²) < 4.78 is 5.60. The number of hydrogen-bond acceptors (Lipinski definition) is 7. The second kappa shape index (κ2) is 5.46. The van der Waals surface area contributed by atoms with Crippen molar-refractivity contribution in [2.75, 3.05) is 17.2 Å². The van der Waals surface area contributed by atoms with Gasteiger partial charge in [-0.2, -0.15) is 10.2 Å². The van der Waals surface area contributed by atoms with Crippen LogP contribution < -0.4 is 15.4 Å². The van der Waals surface area contributed by atoms with Crippen LogP contribution in [0.1, 0.15) is 18.9 Å². The Hall–Kier alpha value is -2.53. The van der Waals surface area contributed by atoms with Crippen LogP contribution >= 0.6 is 11.6 Å². The van der Waals surface area contributed by atoms with E-state index in [0.29, 0.717) is 47.1 Å². The molecular weight excluding hydrogens is 294 g/mol. The number of anilines is 3. The monoisotopic (exact) mass is 305 g/mol. The Morgan fingerprint density at radius 1 is 1.52 bits per heavy atom. The number of aromatic amines is 1. The van der Waals surface area contributed by atoms with Gasteiger partial charge in [-0.05, 0) is 6.92 Å². The summed E-state index contributed by atoms with van der Waals surface area (Å²) in [5.41, 5.74) is 0.855. The Morgan fingerprint density at radius 3 is 3.19 bits per heavy atom. The molecule has 0 aromatic carbocycles. The maximum atomic E-state index is 9.11. The Morgan fingerprint density at radius 2 is 2.38 bits per heavy atom. The minimum absolute atomic E-state index is 0.0795. The summed E-state index contributed by atoms with van der Waals surface area (Å²) in [6, 6.07) is 2.14. The third-order valence-corrected chi connectivity index (χ3v) is 3.28. The van der Waals surface area contributed by atoms with Gasteiger partial charge in [0, 0.05) is 12.5 Å². The highest BCUT2D eigenvalue weighted by atomic mass is 35.5. The van der Waals surface area contributed by atoms with Crippen LogP contribution in [0.25, 0.3) is 0 Å². The van der Waals surface area contributed by atoms with Crippen LogP contribution in [0.5, 0.6) is 5.88 Å². The van der Waals surface area contributed by atoms with Gasteiger partial charge in [-0.3, -0.25) is 5.10 Å². The van der Waals surface area contributed by atoms with E-state index in [2.05, 4.69) is 36.9 Å². The van der Waals surface area contributed by atoms with E-state index in [9.17, 15) is 0 Å². The van der Waals surface area contributed by atoms with Crippen molar-refractivity contribution >= 4 is 29.1 Å². The van der Waals surface area contributed by atoms with E-state index >= 15 is 0 Å². The fourth-order valence-electron chi connectivity index (χ4n) is 1.90. The van der Waals surface area contributed by atoms with Crippen molar-refractivity contribution in [2.24, 2.45) is 0 Å². The highest BCUT2D eigenvalue weighted by Gasteiger charge is 2.18. The van der Waals surface area contributed by atoms with Crippen molar-refractivity contribution in [1.29, 1.82) is 5.26 Å². The predicted octanol–water partition coefficient (Wildman–Crippen LogP) is 2.05. The third-order valence-electron chi connectivity index (χ3n) is 3.01. The van der Waals surface area contributed by atoms with Gasteiger partial charge in [0.2, 0.25) is 5.95 Å². The van der Waals surface area contributed by atoms with Crippen molar-refractivity contribution in [3.63, 3.8) is 0 Å². The van der Waals surface area contributed by atoms with Crippen molar-refractivity contribution in [3.05, 3.63) is 16.9 Å². The smallest absolute Gasteiger partial charge is 0.258 e. The Kier molecular flexibility index (Phi) is 3.50. The van der Waals surface area contributed by atoms with Gasteiger partial charge in [0.15, 0.2) is 5.15 Å². The predicted molar refractivity (Wildman–Crippen MR) is 76.8 cm³/mol. The average Bonchev–Trinajstić information content (AvgIpc) is 2.79. The number of halogens is 1. The molecule has 9 heteroatoms. The highest BCUT2D eigenvalue weighted by Crippen LogP contribution is 2.32. The maximum absolute atomic E-state index is 9.11. The molecule has 0 aliphatic carbocycles. The first-order valence-corrected chi connectivity index (χ1v) is 6.72. The maximum Gasteiger partial charge on any atom is 0.258 e. The number of hydrogen-bond donors (Lipinski definition) is 3. The first-order chi connectivity index (χ1) is 10.2. The van der Waals surface area contributed by atoms with E-state index in [1.807, 2.05) is 6.92 Å². The molecular formula is C12H12ClN7O. The summed E-state index contributed by atoms with van der Waals surface area (Å²) in [6.07, 6.45) is 2.17. The van der Waals surface area contributed by atoms with Gasteiger partial charge in [-0.25, -0.2) is 4.98 Å². The van der Waals surface area contributed by atoms with E-state index < -0.39 is 0 Å². The zero-order valence-electron chi connectivity index (χ0n) is 11.1. The zero-order chi connectivity index (χ0) is 14.8. The standard InChI is InChI=1S/C12H12ClN7O/c1-6-2-3-21-11-8(9(13)19-20-11)17-12-15-5-7(4-14)10(16-6)18-12/h5-6H,2-3H2,1H3,(H,19,20)(H2,15,16,17,18)/t6-/m1/s1. The molecule has 2 aromatic rings. The highest BCUT2D eigenvalue weighted by molar-refractivity contribution is 6.32. The number of rotatable bonds is 0. The van der Waals surface area contributed by atoms with E-state index in [-0.39, 0.29) is 6.04 Å². The number of aromatic nitrogens is 4. The fraction of sp³-hybridized carbons (Fsp3) is 0.333. The molecule has 1 aliphatic rings. The molecule has 0 fully saturated rings. The zero-order valence-corrected chi connectivity index (χ0v) is 11.9. The average molecular weight is 306 g/mol. The van der Waals surface area contributed by atoms with E-state index in [1.54, 1.807) is 0 Å². The van der Waals surface area contributed by atoms with Crippen LogP contribution in [0.4, 0.5) is 17.5 Å². The summed E-state index contributed by atoms with van der Waals surface area (Å²) in [7, 11) is 0. The van der Waals surface area contributed by atoms with Gasteiger partial charge < -0.3 is 15.4 Å². The van der Waals surface area contributed by atoms with Crippen molar-refractivity contribution < 1.29 is 4.74 Å². The summed E-state index contributed by atoms with van der Waals surface area (Å²) in [4.78, 5) is 8.39. The van der Waals surface area contributed by atoms with E-state index in [0.717, 1.165) is 0 Å². The molecule has 8 nitrogen and oxygen atoms in total. The number of nitrogens with zero attached hydrogens (tertiary/aromatic N) is 4. The van der Waals surface area contributed by atoms with Crippen LogP contribution in [0.15, 0.2) is 6.20 Å². The Balaban J connectivity index is 2.05. The van der Waals surface area contributed by atoms with Gasteiger partial charge >= 0.3 is 0 Å². The van der Waals surface area contributed by atoms with Crippen LogP contribution in [-0.2, 0) is 0 Å². The lowest BCUT2D eigenvalue weighted by Crippen LogP contribution is -2.20. The topological polar surface area (TPSA) is 112 Å². The second-order valence-electron chi connectivity index (χ2n) is 4.59. The largest absolute Gasteiger partial charge is 0.475 e. The molecule has 2 aromatic heterocycles. The van der Waals surface area contributed by atoms with Crippen LogP contribution in [0.2, 0.25) is 5.15 Å². The van der Waals surface area contributed by atoms with Gasteiger partial charge in [0.25, 0.3) is 5.88 Å². The molecule has 21 heavy (non-hydrogen) atoms. The van der Waals surface area contributed by atoms with Crippen LogP contribution in [-0.4, -0.2) is 32.8 Å². The lowest BCUT2D eigenvalue weighted by atomic mass is 10.2. The summed E-state index contributed by atoms with van der Waals surface area (Å²) in [5, 5.41) is 22.2. The molecule has 0 amide bonds. The molecule has 0 spiro atoms. The Bertz CT molecular complexity index is 708. The molecule has 2 bridgehead atoms. The molecule has 3 rings (SSSR count). The number of nitriles is 1. The van der Waals surface area contributed by atoms with Crippen LogP contribution in [0, 0.1) is 11.3 Å². The molecule has 0 saturated carbocycles. The summed E-state index contributed by atoms with van der Waals surface area (Å²) in [6.45, 7) is 2.44. The molecule has 0 radical (unpaired) electrons. The van der Waals surface area contributed by atoms with Crippen molar-refractivity contribution in [2.45, 2.75) is 19.4 Å². The first-order valence-electron chi connectivity index (χ1n) is 6.34. The molecule has 3 heterocycles. The van der Waals surface area contributed by atoms with Crippen molar-refractivity contribution in [3.8, 4) is 11.9 Å². The number of H-pyrrole nitrogens is 1. The van der Waals surface area contributed by atoms with Gasteiger partial charge in [-0.1, -0.05) is 11.6 Å². The lowest BCUT2D eigenvalue weighted by molar-refractivity contribution is 0.294. The summed E-state index contributed by atoms with van der Waals surface area (Å²) in [5.74, 6) is 1.15. The number of fused-ring (bicyclic) bond motifs is 3. The minimum atomic E-state index is 0.0795. The minimum Gasteiger partial charge on any atom is -0.475 e. The molecule has 0 unspecified atom stereocenters.